The van der Waals surface area contributed by atoms with E-state index in [1.807, 2.05) is 0 Å². The van der Waals surface area contributed by atoms with Gasteiger partial charge in [-0.25, -0.2) is 0 Å². The van der Waals surface area contributed by atoms with E-state index in [-0.39, 0.29) is 28.4 Å². The normalized spacial score (nSPS) is 38.8. The highest BCUT2D eigenvalue weighted by Gasteiger charge is 2.43. The number of amides is 2. The van der Waals surface area contributed by atoms with Crippen molar-refractivity contribution in [1.82, 2.24) is 4.90 Å². The first-order chi connectivity index (χ1) is 9.60. The summed E-state index contributed by atoms with van der Waals surface area (Å²) in [7, 11) is 0. The first-order valence-corrected chi connectivity index (χ1v) is 8.01. The van der Waals surface area contributed by atoms with Crippen LogP contribution in [-0.2, 0) is 9.59 Å². The second-order valence-corrected chi connectivity index (χ2v) is 6.62. The van der Waals surface area contributed by atoms with Crippen molar-refractivity contribution in [3.05, 3.63) is 5.21 Å². The van der Waals surface area contributed by atoms with Gasteiger partial charge < -0.3 is 9.85 Å². The van der Waals surface area contributed by atoms with E-state index < -0.39 is 0 Å². The van der Waals surface area contributed by atoms with Gasteiger partial charge in [0.25, 0.3) is 0 Å². The average Bonchev–Trinajstić information content (AvgIpc) is 2.42. The SMILES string of the molecule is O=C1CCCC(=O)N1CC1CCC[N+]2([O-])CCCCC12. The molecule has 0 aromatic heterocycles. The van der Waals surface area contributed by atoms with Gasteiger partial charge in [0.1, 0.15) is 0 Å². The summed E-state index contributed by atoms with van der Waals surface area (Å²) >= 11 is 0. The van der Waals surface area contributed by atoms with Crippen molar-refractivity contribution in [3.63, 3.8) is 0 Å². The summed E-state index contributed by atoms with van der Waals surface area (Å²) < 4.78 is -0.0686. The van der Waals surface area contributed by atoms with Gasteiger partial charge in [-0.05, 0) is 32.1 Å². The monoisotopic (exact) mass is 280 g/mol. The first-order valence-electron chi connectivity index (χ1n) is 8.01. The smallest absolute Gasteiger partial charge is 0.229 e. The van der Waals surface area contributed by atoms with E-state index in [1.165, 1.54) is 4.90 Å². The summed E-state index contributed by atoms with van der Waals surface area (Å²) in [4.78, 5) is 25.3. The second-order valence-electron chi connectivity index (χ2n) is 6.62. The van der Waals surface area contributed by atoms with Crippen LogP contribution in [0.3, 0.4) is 0 Å². The molecule has 2 amide bonds. The number of hydrogen-bond acceptors (Lipinski definition) is 3. The zero-order valence-corrected chi connectivity index (χ0v) is 12.1. The molecule has 0 radical (unpaired) electrons. The number of hydrogen-bond donors (Lipinski definition) is 0. The largest absolute Gasteiger partial charge is 0.633 e. The van der Waals surface area contributed by atoms with Crippen LogP contribution in [0, 0.1) is 11.1 Å². The molecule has 3 heterocycles. The highest BCUT2D eigenvalue weighted by Crippen LogP contribution is 2.37. The molecular weight excluding hydrogens is 256 g/mol. The quantitative estimate of drug-likeness (QED) is 0.440. The number of nitrogens with zero attached hydrogens (tertiary/aromatic N) is 2. The summed E-state index contributed by atoms with van der Waals surface area (Å²) in [5, 5.41) is 12.9. The number of rotatable bonds is 2. The summed E-state index contributed by atoms with van der Waals surface area (Å²) in [6.07, 6.45) is 6.68. The molecular formula is C15H24N2O3. The van der Waals surface area contributed by atoms with Crippen molar-refractivity contribution < 1.29 is 14.2 Å². The molecule has 0 bridgehead atoms. The van der Waals surface area contributed by atoms with E-state index >= 15 is 0 Å². The van der Waals surface area contributed by atoms with Crippen LogP contribution < -0.4 is 0 Å². The highest BCUT2D eigenvalue weighted by atomic mass is 16.5. The molecule has 0 aliphatic carbocycles. The van der Waals surface area contributed by atoms with Crippen LogP contribution in [0.25, 0.3) is 0 Å². The lowest BCUT2D eigenvalue weighted by molar-refractivity contribution is -0.919. The van der Waals surface area contributed by atoms with E-state index in [4.69, 9.17) is 0 Å². The topological polar surface area (TPSA) is 60.4 Å². The molecule has 0 N–H and O–H groups in total. The van der Waals surface area contributed by atoms with Crippen LogP contribution in [0.4, 0.5) is 0 Å². The number of likely N-dealkylation sites (tertiary alicyclic amines) is 1. The third kappa shape index (κ3) is 2.49. The molecule has 0 aromatic carbocycles. The minimum Gasteiger partial charge on any atom is -0.633 e. The van der Waals surface area contributed by atoms with Gasteiger partial charge in [-0.3, -0.25) is 14.5 Å². The zero-order chi connectivity index (χ0) is 14.2. The predicted octanol–water partition coefficient (Wildman–Crippen LogP) is 1.80. The fourth-order valence-electron chi connectivity index (χ4n) is 4.30. The van der Waals surface area contributed by atoms with Gasteiger partial charge >= 0.3 is 0 Å². The van der Waals surface area contributed by atoms with E-state index in [1.54, 1.807) is 0 Å². The van der Waals surface area contributed by atoms with Crippen molar-refractivity contribution in [2.45, 2.75) is 57.4 Å². The summed E-state index contributed by atoms with van der Waals surface area (Å²) in [5.74, 6) is 0.144. The van der Waals surface area contributed by atoms with Crippen LogP contribution in [0.5, 0.6) is 0 Å². The fraction of sp³-hybridized carbons (Fsp3) is 0.867. The van der Waals surface area contributed by atoms with E-state index in [0.29, 0.717) is 25.8 Å². The van der Waals surface area contributed by atoms with Crippen LogP contribution in [0.15, 0.2) is 0 Å². The van der Waals surface area contributed by atoms with E-state index in [2.05, 4.69) is 0 Å². The van der Waals surface area contributed by atoms with Crippen molar-refractivity contribution in [1.29, 1.82) is 0 Å². The Labute approximate surface area is 120 Å². The lowest BCUT2D eigenvalue weighted by Crippen LogP contribution is -2.61. The van der Waals surface area contributed by atoms with Crippen molar-refractivity contribution in [2.24, 2.45) is 5.92 Å². The van der Waals surface area contributed by atoms with Gasteiger partial charge in [-0.2, -0.15) is 0 Å². The van der Waals surface area contributed by atoms with Crippen molar-refractivity contribution in [3.8, 4) is 0 Å². The maximum atomic E-state index is 12.9. The molecule has 112 valence electrons. The number of carbonyl (C=O) groups is 2. The Hall–Kier alpha value is -0.940. The molecule has 0 aromatic rings. The van der Waals surface area contributed by atoms with E-state index in [0.717, 1.165) is 45.2 Å². The Kier molecular flexibility index (Phi) is 3.82. The number of piperidine rings is 3. The van der Waals surface area contributed by atoms with Gasteiger partial charge in [-0.15, -0.1) is 0 Å². The van der Waals surface area contributed by atoms with Crippen molar-refractivity contribution >= 4 is 11.8 Å². The van der Waals surface area contributed by atoms with Gasteiger partial charge in [0.05, 0.1) is 19.1 Å². The van der Waals surface area contributed by atoms with Crippen molar-refractivity contribution in [2.75, 3.05) is 19.6 Å². The molecule has 3 saturated heterocycles. The van der Waals surface area contributed by atoms with Crippen LogP contribution in [-0.4, -0.2) is 47.0 Å². The third-order valence-electron chi connectivity index (χ3n) is 5.35. The summed E-state index contributed by atoms with van der Waals surface area (Å²) in [6.45, 7) is 1.94. The Morgan fingerprint density at radius 3 is 2.45 bits per heavy atom. The Morgan fingerprint density at radius 1 is 1.00 bits per heavy atom. The van der Waals surface area contributed by atoms with Crippen LogP contribution >= 0.6 is 0 Å². The number of quaternary nitrogens is 1. The molecule has 5 nitrogen and oxygen atoms in total. The number of hydroxylamine groups is 3. The molecule has 5 heteroatoms. The standard InChI is InChI=1S/C15H24N2O3/c18-14-7-3-8-15(19)16(14)11-12-5-4-10-17(20)9-2-1-6-13(12)17/h12-13H,1-11H2. The highest BCUT2D eigenvalue weighted by molar-refractivity contribution is 5.97. The maximum absolute atomic E-state index is 12.9. The first kappa shape index (κ1) is 14.0. The Morgan fingerprint density at radius 2 is 1.70 bits per heavy atom. The summed E-state index contributed by atoms with van der Waals surface area (Å²) in [6, 6.07) is 0.111. The Balaban J connectivity index is 1.72. The van der Waals surface area contributed by atoms with Gasteiger partial charge in [0.2, 0.25) is 11.8 Å². The Bertz CT molecular complexity index is 392. The number of fused-ring (bicyclic) bond motifs is 1. The molecule has 0 saturated carbocycles. The van der Waals surface area contributed by atoms with Gasteiger partial charge in [-0.1, -0.05) is 0 Å². The molecule has 3 aliphatic rings. The lowest BCUT2D eigenvalue weighted by Gasteiger charge is -2.57. The van der Waals surface area contributed by atoms with Gasteiger partial charge in [0.15, 0.2) is 0 Å². The molecule has 3 atom stereocenters. The average molecular weight is 280 g/mol. The minimum atomic E-state index is -0.0686. The van der Waals surface area contributed by atoms with Gasteiger partial charge in [0, 0.05) is 31.7 Å². The van der Waals surface area contributed by atoms with E-state index in [9.17, 15) is 14.8 Å². The molecule has 3 aliphatic heterocycles. The molecule has 3 unspecified atom stereocenters. The predicted molar refractivity (Wildman–Crippen MR) is 74.3 cm³/mol. The zero-order valence-electron chi connectivity index (χ0n) is 12.1. The van der Waals surface area contributed by atoms with Crippen LogP contribution in [0.2, 0.25) is 0 Å². The maximum Gasteiger partial charge on any atom is 0.229 e. The molecule has 3 rings (SSSR count). The molecule has 20 heavy (non-hydrogen) atoms. The second kappa shape index (κ2) is 5.45. The summed E-state index contributed by atoms with van der Waals surface area (Å²) in [5.41, 5.74) is 0. The number of carbonyl (C=O) groups excluding carboxylic acids is 2. The third-order valence-corrected chi connectivity index (χ3v) is 5.35. The minimum absolute atomic E-state index is 0.0355. The fourth-order valence-corrected chi connectivity index (χ4v) is 4.30. The van der Waals surface area contributed by atoms with Crippen LogP contribution in [0.1, 0.15) is 51.4 Å². The number of imide groups is 1. The lowest BCUT2D eigenvalue weighted by atomic mass is 9.82. The molecule has 0 spiro atoms. The molecule has 3 fully saturated rings.